The van der Waals surface area contributed by atoms with Gasteiger partial charge in [-0.2, -0.15) is 0 Å². The summed E-state index contributed by atoms with van der Waals surface area (Å²) in [5, 5.41) is 5.61. The molecule has 0 unspecified atom stereocenters. The number of carbonyl (C=O) groups is 2. The third-order valence-corrected chi connectivity index (χ3v) is 3.59. The number of halogens is 1. The number of carbonyl (C=O) groups excluding carboxylic acids is 2. The molecular formula is C15H19BrN2O4S. The average Bonchev–Trinajstić information content (AvgIpc) is 2.48. The number of benzene rings is 1. The number of hydrogen-bond acceptors (Lipinski definition) is 5. The summed E-state index contributed by atoms with van der Waals surface area (Å²) in [6, 6.07) is 5.71. The Hall–Kier alpha value is -1.51. The molecule has 126 valence electrons. The van der Waals surface area contributed by atoms with Crippen LogP contribution in [0.4, 0.5) is 5.69 Å². The Morgan fingerprint density at radius 1 is 1.26 bits per heavy atom. The van der Waals surface area contributed by atoms with Gasteiger partial charge in [0.25, 0.3) is 0 Å². The molecule has 0 aliphatic rings. The fraction of sp³-hybridized carbons (Fsp3) is 0.400. The highest BCUT2D eigenvalue weighted by Crippen LogP contribution is 2.23. The van der Waals surface area contributed by atoms with Crippen molar-refractivity contribution in [2.75, 3.05) is 25.6 Å². The Labute approximate surface area is 149 Å². The molecule has 0 saturated heterocycles. The zero-order valence-corrected chi connectivity index (χ0v) is 15.4. The average molecular weight is 403 g/mol. The molecular weight excluding hydrogens is 384 g/mol. The number of nitrogens with one attached hydrogen (secondary N) is 2. The van der Waals surface area contributed by atoms with Gasteiger partial charge in [0, 0.05) is 18.0 Å². The Morgan fingerprint density at radius 3 is 2.65 bits per heavy atom. The normalized spacial score (nSPS) is 10.0. The summed E-state index contributed by atoms with van der Waals surface area (Å²) in [4.78, 5) is 23.1. The van der Waals surface area contributed by atoms with E-state index in [1.165, 1.54) is 7.11 Å². The maximum atomic E-state index is 11.7. The van der Waals surface area contributed by atoms with Crippen LogP contribution in [0.25, 0.3) is 0 Å². The largest absolute Gasteiger partial charge is 0.463 e. The van der Waals surface area contributed by atoms with Crippen LogP contribution in [0, 0.1) is 6.92 Å². The van der Waals surface area contributed by atoms with E-state index in [1.807, 2.05) is 25.1 Å². The highest BCUT2D eigenvalue weighted by Gasteiger charge is 2.10. The second kappa shape index (κ2) is 10.3. The van der Waals surface area contributed by atoms with Crippen molar-refractivity contribution in [1.29, 1.82) is 0 Å². The van der Waals surface area contributed by atoms with E-state index in [9.17, 15) is 9.59 Å². The number of amides is 1. The number of hydrogen-bond donors (Lipinski definition) is 2. The van der Waals surface area contributed by atoms with Gasteiger partial charge in [0.05, 0.1) is 18.7 Å². The Bertz CT molecular complexity index is 581. The molecule has 1 rings (SSSR count). The maximum absolute atomic E-state index is 11.7. The predicted molar refractivity (Wildman–Crippen MR) is 95.3 cm³/mol. The quantitative estimate of drug-likeness (QED) is 0.414. The van der Waals surface area contributed by atoms with Crippen molar-refractivity contribution >= 4 is 50.8 Å². The first-order valence-corrected chi connectivity index (χ1v) is 8.14. The van der Waals surface area contributed by atoms with Crippen LogP contribution < -0.4 is 10.6 Å². The zero-order valence-electron chi connectivity index (χ0n) is 13.0. The first-order chi connectivity index (χ1) is 10.9. The molecule has 1 aromatic rings. The topological polar surface area (TPSA) is 76.7 Å². The Kier molecular flexibility index (Phi) is 8.75. The van der Waals surface area contributed by atoms with Crippen molar-refractivity contribution in [2.45, 2.75) is 19.8 Å². The van der Waals surface area contributed by atoms with Crippen LogP contribution >= 0.6 is 28.1 Å². The van der Waals surface area contributed by atoms with Gasteiger partial charge in [-0.25, -0.2) is 0 Å². The second-order valence-corrected chi connectivity index (χ2v) is 5.96. The van der Waals surface area contributed by atoms with Crippen molar-refractivity contribution in [2.24, 2.45) is 0 Å². The van der Waals surface area contributed by atoms with E-state index in [2.05, 4.69) is 26.6 Å². The molecule has 0 spiro atoms. The number of thiocarbonyl (C=S) groups is 1. The van der Waals surface area contributed by atoms with E-state index < -0.39 is 5.97 Å². The minimum atomic E-state index is -0.447. The minimum Gasteiger partial charge on any atom is -0.463 e. The van der Waals surface area contributed by atoms with Gasteiger partial charge in [0.1, 0.15) is 6.61 Å². The first kappa shape index (κ1) is 19.5. The zero-order chi connectivity index (χ0) is 17.2. The lowest BCUT2D eigenvalue weighted by atomic mass is 10.2. The molecule has 0 radical (unpaired) electrons. The summed E-state index contributed by atoms with van der Waals surface area (Å²) in [7, 11) is 1.52. The van der Waals surface area contributed by atoms with Crippen molar-refractivity contribution in [3.63, 3.8) is 0 Å². The van der Waals surface area contributed by atoms with Crippen molar-refractivity contribution in [3.8, 4) is 0 Å². The molecule has 1 aromatic carbocycles. The van der Waals surface area contributed by atoms with E-state index >= 15 is 0 Å². The third-order valence-electron chi connectivity index (χ3n) is 2.73. The summed E-state index contributed by atoms with van der Waals surface area (Å²) in [5.74, 6) is -0.799. The maximum Gasteiger partial charge on any atom is 0.306 e. The lowest BCUT2D eigenvalue weighted by Crippen LogP contribution is -2.34. The van der Waals surface area contributed by atoms with Crippen LogP contribution in [0.5, 0.6) is 0 Å². The van der Waals surface area contributed by atoms with Crippen LogP contribution in [0.3, 0.4) is 0 Å². The van der Waals surface area contributed by atoms with Crippen LogP contribution in [0.15, 0.2) is 22.7 Å². The van der Waals surface area contributed by atoms with E-state index in [1.54, 1.807) is 0 Å². The highest BCUT2D eigenvalue weighted by atomic mass is 79.9. The van der Waals surface area contributed by atoms with E-state index in [4.69, 9.17) is 21.7 Å². The van der Waals surface area contributed by atoms with Crippen LogP contribution in [-0.4, -0.2) is 37.3 Å². The molecule has 6 nitrogen and oxygen atoms in total. The summed E-state index contributed by atoms with van der Waals surface area (Å²) in [6.07, 6.45) is -0.00487. The summed E-state index contributed by atoms with van der Waals surface area (Å²) in [5.41, 5.74) is 1.85. The van der Waals surface area contributed by atoms with E-state index in [0.717, 1.165) is 15.7 Å². The lowest BCUT2D eigenvalue weighted by molar-refractivity contribution is -0.146. The number of methoxy groups -OCH3 is 1. The summed E-state index contributed by atoms with van der Waals surface area (Å²) in [6.45, 7) is 2.48. The van der Waals surface area contributed by atoms with Gasteiger partial charge in [-0.05, 0) is 52.8 Å². The van der Waals surface area contributed by atoms with Crippen LogP contribution in [0.1, 0.15) is 18.4 Å². The number of anilines is 1. The highest BCUT2D eigenvalue weighted by molar-refractivity contribution is 9.10. The molecule has 23 heavy (non-hydrogen) atoms. The fourth-order valence-corrected chi connectivity index (χ4v) is 2.41. The third kappa shape index (κ3) is 8.06. The Balaban J connectivity index is 2.33. The molecule has 1 amide bonds. The standard InChI is InChI=1S/C15H19BrN2O4S/c1-10-3-4-12(11(16)9-10)17-15(23)18-13(19)5-6-14(20)22-8-7-21-2/h3-4,9H,5-8H2,1-2H3,(H2,17,18,19,23). The van der Waals surface area contributed by atoms with Crippen LogP contribution in [0.2, 0.25) is 0 Å². The molecule has 0 aliphatic heterocycles. The molecule has 0 bridgehead atoms. The van der Waals surface area contributed by atoms with Gasteiger partial charge in [-0.15, -0.1) is 0 Å². The van der Waals surface area contributed by atoms with E-state index in [0.29, 0.717) is 6.61 Å². The molecule has 8 heteroatoms. The first-order valence-electron chi connectivity index (χ1n) is 6.94. The smallest absolute Gasteiger partial charge is 0.306 e. The number of rotatable bonds is 7. The lowest BCUT2D eigenvalue weighted by Gasteiger charge is -2.11. The molecule has 0 heterocycles. The predicted octanol–water partition coefficient (Wildman–Crippen LogP) is 2.54. The van der Waals surface area contributed by atoms with Crippen molar-refractivity contribution < 1.29 is 19.1 Å². The second-order valence-electron chi connectivity index (χ2n) is 4.70. The van der Waals surface area contributed by atoms with Gasteiger partial charge < -0.3 is 20.1 Å². The SMILES string of the molecule is COCCOC(=O)CCC(=O)NC(=S)Nc1ccc(C)cc1Br. The molecule has 0 atom stereocenters. The Morgan fingerprint density at radius 2 is 2.00 bits per heavy atom. The summed E-state index contributed by atoms with van der Waals surface area (Å²) >= 11 is 8.49. The number of esters is 1. The van der Waals surface area contributed by atoms with Crippen molar-refractivity contribution in [1.82, 2.24) is 5.32 Å². The molecule has 0 saturated carbocycles. The van der Waals surface area contributed by atoms with Crippen molar-refractivity contribution in [3.05, 3.63) is 28.2 Å². The molecule has 0 fully saturated rings. The van der Waals surface area contributed by atoms with Gasteiger partial charge in [-0.3, -0.25) is 9.59 Å². The van der Waals surface area contributed by atoms with Gasteiger partial charge in [0.2, 0.25) is 5.91 Å². The van der Waals surface area contributed by atoms with Gasteiger partial charge in [0.15, 0.2) is 5.11 Å². The molecule has 2 N–H and O–H groups in total. The van der Waals surface area contributed by atoms with E-state index in [-0.39, 0.29) is 30.5 Å². The molecule has 0 aromatic heterocycles. The summed E-state index contributed by atoms with van der Waals surface area (Å²) < 4.78 is 10.5. The number of aryl methyl sites for hydroxylation is 1. The monoisotopic (exact) mass is 402 g/mol. The van der Waals surface area contributed by atoms with Gasteiger partial charge >= 0.3 is 5.97 Å². The van der Waals surface area contributed by atoms with Gasteiger partial charge in [-0.1, -0.05) is 6.07 Å². The fourth-order valence-electron chi connectivity index (χ4n) is 1.59. The molecule has 0 aliphatic carbocycles. The number of ether oxygens (including phenoxy) is 2. The minimum absolute atomic E-state index is 0.00268. The van der Waals surface area contributed by atoms with Crippen LogP contribution in [-0.2, 0) is 19.1 Å².